The van der Waals surface area contributed by atoms with Crippen LogP contribution in [-0.4, -0.2) is 32.4 Å². The van der Waals surface area contributed by atoms with Gasteiger partial charge >= 0.3 is 5.97 Å². The Labute approximate surface area is 207 Å². The molecule has 1 atom stereocenters. The van der Waals surface area contributed by atoms with Crippen molar-refractivity contribution in [2.45, 2.75) is 38.9 Å². The lowest BCUT2D eigenvalue weighted by atomic mass is 9.93. The van der Waals surface area contributed by atoms with Gasteiger partial charge in [0.05, 0.1) is 13.2 Å². The summed E-state index contributed by atoms with van der Waals surface area (Å²) in [5.41, 5.74) is 5.77. The van der Waals surface area contributed by atoms with Crippen molar-refractivity contribution in [3.8, 4) is 11.5 Å². The summed E-state index contributed by atoms with van der Waals surface area (Å²) in [6, 6.07) is 24.4. The summed E-state index contributed by atoms with van der Waals surface area (Å²) in [6.07, 6.45) is 3.95. The first kappa shape index (κ1) is 24.6. The van der Waals surface area contributed by atoms with Crippen molar-refractivity contribution in [2.75, 3.05) is 20.3 Å². The quantitative estimate of drug-likeness (QED) is 0.268. The van der Waals surface area contributed by atoms with Crippen LogP contribution >= 0.6 is 0 Å². The van der Waals surface area contributed by atoms with Crippen molar-refractivity contribution < 1.29 is 23.7 Å². The lowest BCUT2D eigenvalue weighted by Crippen LogP contribution is -2.27. The van der Waals surface area contributed by atoms with Crippen LogP contribution in [0.5, 0.6) is 11.5 Å². The van der Waals surface area contributed by atoms with Crippen LogP contribution in [0.3, 0.4) is 0 Å². The van der Waals surface area contributed by atoms with Gasteiger partial charge in [-0.25, -0.2) is 4.79 Å². The molecular weight excluding hydrogens is 440 g/mol. The van der Waals surface area contributed by atoms with Crippen LogP contribution in [0.25, 0.3) is 5.57 Å². The third-order valence-corrected chi connectivity index (χ3v) is 6.01. The SMILES string of the molecule is CCOC(=O)C(Cc1ccc(OCCC/C=C2/c3ccccc3COc3ccccc32)cc1)OC. The fourth-order valence-electron chi connectivity index (χ4n) is 4.20. The van der Waals surface area contributed by atoms with Gasteiger partial charge in [0.1, 0.15) is 18.1 Å². The second kappa shape index (κ2) is 12.2. The average Bonchev–Trinajstić information content (AvgIpc) is 3.05. The van der Waals surface area contributed by atoms with E-state index in [0.717, 1.165) is 35.5 Å². The highest BCUT2D eigenvalue weighted by atomic mass is 16.6. The number of rotatable bonds is 10. The van der Waals surface area contributed by atoms with Crippen LogP contribution in [0.15, 0.2) is 78.9 Å². The summed E-state index contributed by atoms with van der Waals surface area (Å²) in [5.74, 6) is 1.39. The van der Waals surface area contributed by atoms with E-state index in [-0.39, 0.29) is 5.97 Å². The van der Waals surface area contributed by atoms with E-state index in [1.54, 1.807) is 6.92 Å². The molecule has 4 rings (SSSR count). The molecule has 182 valence electrons. The minimum absolute atomic E-state index is 0.338. The fraction of sp³-hybridized carbons (Fsp3) is 0.300. The van der Waals surface area contributed by atoms with E-state index < -0.39 is 6.10 Å². The molecule has 0 saturated carbocycles. The van der Waals surface area contributed by atoms with Gasteiger partial charge in [-0.1, -0.05) is 60.7 Å². The van der Waals surface area contributed by atoms with E-state index in [2.05, 4.69) is 42.5 Å². The van der Waals surface area contributed by atoms with Gasteiger partial charge in [-0.2, -0.15) is 0 Å². The Balaban J connectivity index is 1.33. The lowest BCUT2D eigenvalue weighted by molar-refractivity contribution is -0.154. The number of allylic oxidation sites excluding steroid dienone is 1. The summed E-state index contributed by atoms with van der Waals surface area (Å²) in [6.45, 7) is 3.33. The molecule has 3 aromatic rings. The molecule has 3 aromatic carbocycles. The molecule has 1 heterocycles. The topological polar surface area (TPSA) is 54.0 Å². The number of hydrogen-bond acceptors (Lipinski definition) is 5. The number of ether oxygens (including phenoxy) is 4. The number of unbranched alkanes of at least 4 members (excludes halogenated alkanes) is 1. The van der Waals surface area contributed by atoms with Gasteiger partial charge in [-0.05, 0) is 60.2 Å². The molecule has 0 spiro atoms. The summed E-state index contributed by atoms with van der Waals surface area (Å²) in [4.78, 5) is 11.9. The Kier molecular flexibility index (Phi) is 8.58. The van der Waals surface area contributed by atoms with Crippen LogP contribution < -0.4 is 9.47 Å². The zero-order valence-electron chi connectivity index (χ0n) is 20.4. The van der Waals surface area contributed by atoms with Crippen molar-refractivity contribution in [1.82, 2.24) is 0 Å². The van der Waals surface area contributed by atoms with Crippen molar-refractivity contribution in [3.63, 3.8) is 0 Å². The molecule has 0 aromatic heterocycles. The fourth-order valence-corrected chi connectivity index (χ4v) is 4.20. The first-order valence-electron chi connectivity index (χ1n) is 12.1. The first-order valence-corrected chi connectivity index (χ1v) is 12.1. The third-order valence-electron chi connectivity index (χ3n) is 6.01. The van der Waals surface area contributed by atoms with E-state index in [9.17, 15) is 4.79 Å². The molecule has 0 amide bonds. The molecule has 35 heavy (non-hydrogen) atoms. The van der Waals surface area contributed by atoms with Gasteiger partial charge < -0.3 is 18.9 Å². The van der Waals surface area contributed by atoms with Gasteiger partial charge in [0.2, 0.25) is 0 Å². The highest BCUT2D eigenvalue weighted by molar-refractivity contribution is 5.84. The number of benzene rings is 3. The summed E-state index contributed by atoms with van der Waals surface area (Å²) < 4.78 is 22.3. The Morgan fingerprint density at radius 2 is 1.74 bits per heavy atom. The van der Waals surface area contributed by atoms with Crippen LogP contribution in [0.1, 0.15) is 42.0 Å². The van der Waals surface area contributed by atoms with Gasteiger partial charge in [0.15, 0.2) is 6.10 Å². The summed E-state index contributed by atoms with van der Waals surface area (Å²) >= 11 is 0. The second-order valence-electron chi connectivity index (χ2n) is 8.37. The van der Waals surface area contributed by atoms with E-state index >= 15 is 0 Å². The number of fused-ring (bicyclic) bond motifs is 2. The number of carbonyl (C=O) groups excluding carboxylic acids is 1. The van der Waals surface area contributed by atoms with Crippen molar-refractivity contribution in [2.24, 2.45) is 0 Å². The maximum absolute atomic E-state index is 11.9. The average molecular weight is 473 g/mol. The molecule has 1 aliphatic heterocycles. The Morgan fingerprint density at radius 3 is 2.51 bits per heavy atom. The first-order chi connectivity index (χ1) is 17.2. The number of para-hydroxylation sites is 1. The normalized spacial score (nSPS) is 14.3. The van der Waals surface area contributed by atoms with Gasteiger partial charge in [0, 0.05) is 19.1 Å². The molecule has 0 radical (unpaired) electrons. The second-order valence-corrected chi connectivity index (χ2v) is 8.37. The molecular formula is C30H32O5. The zero-order chi connectivity index (χ0) is 24.5. The molecule has 1 unspecified atom stereocenters. The highest BCUT2D eigenvalue weighted by Crippen LogP contribution is 2.36. The minimum Gasteiger partial charge on any atom is -0.494 e. The molecule has 0 bridgehead atoms. The standard InChI is InChI=1S/C30H32O5/c1-3-33-30(31)29(32-2)20-22-15-17-24(18-16-22)34-19-9-8-12-26-25-11-5-4-10-23(25)21-35-28-14-7-6-13-27(26)28/h4-7,10-18,29H,3,8-9,19-21H2,1-2H3/b26-12-. The van der Waals surface area contributed by atoms with Crippen molar-refractivity contribution in [3.05, 3.63) is 101 Å². The smallest absolute Gasteiger partial charge is 0.335 e. The largest absolute Gasteiger partial charge is 0.494 e. The number of methoxy groups -OCH3 is 1. The van der Waals surface area contributed by atoms with Crippen LogP contribution in [0.2, 0.25) is 0 Å². The van der Waals surface area contributed by atoms with E-state index in [1.165, 1.54) is 23.8 Å². The molecule has 0 fully saturated rings. The molecule has 0 N–H and O–H groups in total. The number of hydrogen-bond donors (Lipinski definition) is 0. The van der Waals surface area contributed by atoms with E-state index in [1.807, 2.05) is 36.4 Å². The summed E-state index contributed by atoms with van der Waals surface area (Å²) in [7, 11) is 1.52. The molecule has 1 aliphatic rings. The Hall–Kier alpha value is -3.57. The lowest BCUT2D eigenvalue weighted by Gasteiger charge is -2.14. The Morgan fingerprint density at radius 1 is 1.00 bits per heavy atom. The predicted octanol–water partition coefficient (Wildman–Crippen LogP) is 5.99. The van der Waals surface area contributed by atoms with Gasteiger partial charge in [-0.15, -0.1) is 0 Å². The van der Waals surface area contributed by atoms with Gasteiger partial charge in [-0.3, -0.25) is 0 Å². The van der Waals surface area contributed by atoms with Crippen LogP contribution in [0.4, 0.5) is 0 Å². The monoisotopic (exact) mass is 472 g/mol. The van der Waals surface area contributed by atoms with E-state index in [4.69, 9.17) is 18.9 Å². The Bertz CT molecular complexity index is 1100. The number of esters is 1. The minimum atomic E-state index is -0.598. The molecule has 5 heteroatoms. The molecule has 0 saturated heterocycles. The molecule has 5 nitrogen and oxygen atoms in total. The highest BCUT2D eigenvalue weighted by Gasteiger charge is 2.20. The van der Waals surface area contributed by atoms with Gasteiger partial charge in [0.25, 0.3) is 0 Å². The maximum atomic E-state index is 11.9. The zero-order valence-corrected chi connectivity index (χ0v) is 20.4. The maximum Gasteiger partial charge on any atom is 0.335 e. The van der Waals surface area contributed by atoms with Crippen LogP contribution in [-0.2, 0) is 27.3 Å². The van der Waals surface area contributed by atoms with Crippen molar-refractivity contribution >= 4 is 11.5 Å². The van der Waals surface area contributed by atoms with E-state index in [0.29, 0.717) is 26.2 Å². The van der Waals surface area contributed by atoms with Crippen molar-refractivity contribution in [1.29, 1.82) is 0 Å². The molecule has 0 aliphatic carbocycles. The third kappa shape index (κ3) is 6.31. The predicted molar refractivity (Wildman–Crippen MR) is 137 cm³/mol. The summed E-state index contributed by atoms with van der Waals surface area (Å²) in [5, 5.41) is 0. The van der Waals surface area contributed by atoms with Crippen LogP contribution in [0, 0.1) is 0 Å². The number of carbonyl (C=O) groups is 1.